The summed E-state index contributed by atoms with van der Waals surface area (Å²) in [5, 5.41) is 0. The zero-order valence-electron chi connectivity index (χ0n) is 12.7. The summed E-state index contributed by atoms with van der Waals surface area (Å²) in [6.07, 6.45) is 2.75. The van der Waals surface area contributed by atoms with Crippen LogP contribution in [0.2, 0.25) is 0 Å². The van der Waals surface area contributed by atoms with Gasteiger partial charge in [-0.2, -0.15) is 0 Å². The number of nitrogens with two attached hydrogens (primary N) is 1. The van der Waals surface area contributed by atoms with Gasteiger partial charge in [-0.05, 0) is 61.9 Å². The second kappa shape index (κ2) is 6.16. The molecular weight excluding hydrogens is 246 g/mol. The predicted octanol–water partition coefficient (Wildman–Crippen LogP) is 3.06. The molecule has 0 spiro atoms. The highest BCUT2D eigenvalue weighted by atomic mass is 15.2. The third-order valence-corrected chi connectivity index (χ3v) is 3.84. The fraction of sp³-hybridized carbons (Fsp3) is 0.353. The first-order valence-electron chi connectivity index (χ1n) is 6.97. The summed E-state index contributed by atoms with van der Waals surface area (Å²) < 4.78 is 0. The number of nitrogens with zero attached hydrogens (tertiary/aromatic N) is 1. The van der Waals surface area contributed by atoms with Gasteiger partial charge in [0.25, 0.3) is 0 Å². The summed E-state index contributed by atoms with van der Waals surface area (Å²) in [5.41, 5.74) is 10.2. The minimum atomic E-state index is 0.0374. The van der Waals surface area contributed by atoms with E-state index >= 15 is 0 Å². The molecule has 1 heterocycles. The van der Waals surface area contributed by atoms with Gasteiger partial charge in [0, 0.05) is 6.20 Å². The van der Waals surface area contributed by atoms with Crippen molar-refractivity contribution < 1.29 is 0 Å². The number of benzene rings is 1. The minimum Gasteiger partial charge on any atom is -0.271 e. The Kier molecular flexibility index (Phi) is 4.53. The molecule has 3 heteroatoms. The van der Waals surface area contributed by atoms with E-state index in [4.69, 9.17) is 5.84 Å². The van der Waals surface area contributed by atoms with E-state index in [-0.39, 0.29) is 6.04 Å². The van der Waals surface area contributed by atoms with Crippen LogP contribution in [-0.2, 0) is 6.42 Å². The largest absolute Gasteiger partial charge is 0.271 e. The molecule has 20 heavy (non-hydrogen) atoms. The molecular formula is C17H23N3. The van der Waals surface area contributed by atoms with Gasteiger partial charge in [0.15, 0.2) is 0 Å². The van der Waals surface area contributed by atoms with Crippen molar-refractivity contribution in [1.29, 1.82) is 0 Å². The first-order chi connectivity index (χ1) is 9.52. The SMILES string of the molecule is Cc1cnc(C(Cc2c(C)cccc2C)NN)c(C)c1. The van der Waals surface area contributed by atoms with Gasteiger partial charge in [-0.15, -0.1) is 0 Å². The number of rotatable bonds is 4. The molecule has 2 rings (SSSR count). The third-order valence-electron chi connectivity index (χ3n) is 3.84. The van der Waals surface area contributed by atoms with Crippen LogP contribution >= 0.6 is 0 Å². The van der Waals surface area contributed by atoms with E-state index in [0.717, 1.165) is 12.1 Å². The topological polar surface area (TPSA) is 50.9 Å². The smallest absolute Gasteiger partial charge is 0.0675 e. The second-order valence-corrected chi connectivity index (χ2v) is 5.51. The molecule has 0 aliphatic heterocycles. The van der Waals surface area contributed by atoms with Gasteiger partial charge >= 0.3 is 0 Å². The average Bonchev–Trinajstić information content (AvgIpc) is 2.40. The van der Waals surface area contributed by atoms with E-state index in [0.29, 0.717) is 0 Å². The molecule has 106 valence electrons. The van der Waals surface area contributed by atoms with Crippen molar-refractivity contribution in [2.24, 2.45) is 5.84 Å². The lowest BCUT2D eigenvalue weighted by molar-refractivity contribution is 0.533. The van der Waals surface area contributed by atoms with Crippen molar-refractivity contribution in [3.8, 4) is 0 Å². The van der Waals surface area contributed by atoms with Crippen molar-refractivity contribution in [2.75, 3.05) is 0 Å². The molecule has 0 saturated carbocycles. The van der Waals surface area contributed by atoms with Crippen LogP contribution in [0.1, 0.15) is 39.6 Å². The zero-order valence-corrected chi connectivity index (χ0v) is 12.7. The molecule has 2 aromatic rings. The fourth-order valence-electron chi connectivity index (χ4n) is 2.70. The molecule has 1 atom stereocenters. The number of hydrazine groups is 1. The molecule has 1 aromatic carbocycles. The summed E-state index contributed by atoms with van der Waals surface area (Å²) in [6.45, 7) is 8.43. The van der Waals surface area contributed by atoms with E-state index in [9.17, 15) is 0 Å². The van der Waals surface area contributed by atoms with E-state index in [1.807, 2.05) is 6.20 Å². The molecule has 0 amide bonds. The van der Waals surface area contributed by atoms with Crippen molar-refractivity contribution in [3.63, 3.8) is 0 Å². The van der Waals surface area contributed by atoms with Gasteiger partial charge in [-0.3, -0.25) is 16.3 Å². The molecule has 0 radical (unpaired) electrons. The summed E-state index contributed by atoms with van der Waals surface area (Å²) in [7, 11) is 0. The molecule has 3 nitrogen and oxygen atoms in total. The van der Waals surface area contributed by atoms with Gasteiger partial charge in [-0.1, -0.05) is 24.3 Å². The molecule has 1 unspecified atom stereocenters. The highest BCUT2D eigenvalue weighted by Gasteiger charge is 2.16. The van der Waals surface area contributed by atoms with Crippen LogP contribution in [0.15, 0.2) is 30.5 Å². The number of aromatic nitrogens is 1. The van der Waals surface area contributed by atoms with Crippen molar-refractivity contribution in [2.45, 2.75) is 40.2 Å². The van der Waals surface area contributed by atoms with E-state index in [2.05, 4.69) is 62.4 Å². The summed E-state index contributed by atoms with van der Waals surface area (Å²) in [5.74, 6) is 5.77. The number of hydrogen-bond donors (Lipinski definition) is 2. The zero-order chi connectivity index (χ0) is 14.7. The van der Waals surface area contributed by atoms with Gasteiger partial charge < -0.3 is 0 Å². The van der Waals surface area contributed by atoms with E-state index < -0.39 is 0 Å². The molecule has 0 saturated heterocycles. The number of hydrogen-bond acceptors (Lipinski definition) is 3. The Morgan fingerprint density at radius 3 is 2.30 bits per heavy atom. The number of nitrogens with one attached hydrogen (secondary N) is 1. The number of aryl methyl sites for hydroxylation is 4. The van der Waals surface area contributed by atoms with Crippen LogP contribution in [0.25, 0.3) is 0 Å². The van der Waals surface area contributed by atoms with Crippen LogP contribution in [0, 0.1) is 27.7 Å². The Bertz CT molecular complexity index is 585. The Labute approximate surface area is 121 Å². The van der Waals surface area contributed by atoms with Crippen LogP contribution in [0.5, 0.6) is 0 Å². The van der Waals surface area contributed by atoms with E-state index in [1.54, 1.807) is 0 Å². The molecule has 3 N–H and O–H groups in total. The molecule has 1 aromatic heterocycles. The predicted molar refractivity (Wildman–Crippen MR) is 83.4 cm³/mol. The standard InChI is InChI=1S/C17H23N3/c1-11-8-14(4)17(19-10-11)16(20-18)9-15-12(2)6-5-7-13(15)3/h5-8,10,16,20H,9,18H2,1-4H3. The van der Waals surface area contributed by atoms with Crippen LogP contribution < -0.4 is 11.3 Å². The lowest BCUT2D eigenvalue weighted by Crippen LogP contribution is -2.31. The number of pyridine rings is 1. The Balaban J connectivity index is 2.34. The fourth-order valence-corrected chi connectivity index (χ4v) is 2.70. The monoisotopic (exact) mass is 269 g/mol. The van der Waals surface area contributed by atoms with Crippen LogP contribution in [-0.4, -0.2) is 4.98 Å². The summed E-state index contributed by atoms with van der Waals surface area (Å²) in [6, 6.07) is 8.57. The van der Waals surface area contributed by atoms with Crippen molar-refractivity contribution in [1.82, 2.24) is 10.4 Å². The molecule has 0 aliphatic rings. The first-order valence-corrected chi connectivity index (χ1v) is 6.97. The van der Waals surface area contributed by atoms with Gasteiger partial charge in [0.05, 0.1) is 11.7 Å². The first kappa shape index (κ1) is 14.7. The highest BCUT2D eigenvalue weighted by Crippen LogP contribution is 2.23. The van der Waals surface area contributed by atoms with Crippen molar-refractivity contribution in [3.05, 3.63) is 64.0 Å². The third kappa shape index (κ3) is 3.06. The van der Waals surface area contributed by atoms with Crippen molar-refractivity contribution >= 4 is 0 Å². The van der Waals surface area contributed by atoms with Crippen LogP contribution in [0.4, 0.5) is 0 Å². The molecule has 0 aliphatic carbocycles. The summed E-state index contributed by atoms with van der Waals surface area (Å²) >= 11 is 0. The lowest BCUT2D eigenvalue weighted by atomic mass is 9.94. The maximum atomic E-state index is 5.77. The molecule has 0 bridgehead atoms. The second-order valence-electron chi connectivity index (χ2n) is 5.51. The van der Waals surface area contributed by atoms with Gasteiger partial charge in [-0.25, -0.2) is 0 Å². The maximum Gasteiger partial charge on any atom is 0.0675 e. The lowest BCUT2D eigenvalue weighted by Gasteiger charge is -2.20. The van der Waals surface area contributed by atoms with Gasteiger partial charge in [0.2, 0.25) is 0 Å². The minimum absolute atomic E-state index is 0.0374. The normalized spacial score (nSPS) is 12.4. The Hall–Kier alpha value is -1.71. The average molecular weight is 269 g/mol. The Morgan fingerprint density at radius 2 is 1.75 bits per heavy atom. The quantitative estimate of drug-likeness (QED) is 0.662. The Morgan fingerprint density at radius 1 is 1.10 bits per heavy atom. The highest BCUT2D eigenvalue weighted by molar-refractivity contribution is 5.36. The van der Waals surface area contributed by atoms with E-state index in [1.165, 1.54) is 27.8 Å². The van der Waals surface area contributed by atoms with Gasteiger partial charge in [0.1, 0.15) is 0 Å². The molecule has 0 fully saturated rings. The van der Waals surface area contributed by atoms with Crippen LogP contribution in [0.3, 0.4) is 0 Å². The summed E-state index contributed by atoms with van der Waals surface area (Å²) in [4.78, 5) is 4.56. The maximum absolute atomic E-state index is 5.77.